The third-order valence-corrected chi connectivity index (χ3v) is 4.96. The Bertz CT molecular complexity index is 900. The molecule has 0 aliphatic carbocycles. The van der Waals surface area contributed by atoms with Crippen LogP contribution in [0.3, 0.4) is 0 Å². The molecular formula is C20H23FN4O3+2. The number of nitrogens with one attached hydrogen (secondary N) is 3. The number of hydrogen-bond donors (Lipinski definition) is 3. The predicted octanol–water partition coefficient (Wildman–Crippen LogP) is -0.00420. The number of rotatable bonds is 6. The molecule has 3 heterocycles. The average Bonchev–Trinajstić information content (AvgIpc) is 3.37. The fourth-order valence-corrected chi connectivity index (χ4v) is 3.46. The minimum atomic E-state index is -0.314. The monoisotopic (exact) mass is 386 g/mol. The first-order chi connectivity index (χ1) is 13.7. The van der Waals surface area contributed by atoms with Crippen molar-refractivity contribution in [3.63, 3.8) is 0 Å². The number of benzene rings is 1. The number of quaternary nitrogens is 2. The van der Waals surface area contributed by atoms with E-state index in [1.807, 2.05) is 18.2 Å². The normalized spacial score (nSPS) is 19.5. The highest BCUT2D eigenvalue weighted by Gasteiger charge is 2.26. The van der Waals surface area contributed by atoms with Gasteiger partial charge in [-0.05, 0) is 36.4 Å². The first kappa shape index (κ1) is 18.4. The number of carbonyl (C=O) groups is 1. The molecule has 0 saturated carbocycles. The van der Waals surface area contributed by atoms with Gasteiger partial charge in [0.1, 0.15) is 44.2 Å². The van der Waals surface area contributed by atoms with Crippen LogP contribution in [0.25, 0.3) is 11.5 Å². The molecule has 1 aliphatic heterocycles. The summed E-state index contributed by atoms with van der Waals surface area (Å²) in [4.78, 5) is 14.9. The van der Waals surface area contributed by atoms with Crippen LogP contribution in [-0.2, 0) is 11.3 Å². The molecule has 28 heavy (non-hydrogen) atoms. The Morgan fingerprint density at radius 1 is 1.07 bits per heavy atom. The summed E-state index contributed by atoms with van der Waals surface area (Å²) in [7, 11) is 0. The van der Waals surface area contributed by atoms with Crippen LogP contribution in [0.4, 0.5) is 10.1 Å². The van der Waals surface area contributed by atoms with E-state index in [0.717, 1.165) is 38.4 Å². The molecule has 3 aromatic rings. The molecule has 8 heteroatoms. The molecule has 146 valence electrons. The molecule has 0 unspecified atom stereocenters. The third-order valence-electron chi connectivity index (χ3n) is 4.96. The van der Waals surface area contributed by atoms with Gasteiger partial charge in [0.05, 0.1) is 6.26 Å². The van der Waals surface area contributed by atoms with Gasteiger partial charge in [-0.15, -0.1) is 0 Å². The molecule has 1 fully saturated rings. The van der Waals surface area contributed by atoms with E-state index in [-0.39, 0.29) is 11.7 Å². The fourth-order valence-electron chi connectivity index (χ4n) is 3.46. The number of hydrogen-bond acceptors (Lipinski definition) is 4. The smallest absolute Gasteiger partial charge is 0.279 e. The number of furan rings is 1. The predicted molar refractivity (Wildman–Crippen MR) is 99.2 cm³/mol. The molecule has 3 N–H and O–H groups in total. The number of piperazine rings is 1. The Hall–Kier alpha value is -2.97. The fraction of sp³-hybridized carbons (Fsp3) is 0.300. The molecule has 1 saturated heterocycles. The minimum absolute atomic E-state index is 0.0513. The zero-order chi connectivity index (χ0) is 19.3. The van der Waals surface area contributed by atoms with Gasteiger partial charge in [0.2, 0.25) is 5.76 Å². The van der Waals surface area contributed by atoms with Crippen LogP contribution in [0.15, 0.2) is 57.7 Å². The minimum Gasteiger partial charge on any atom is -0.461 e. The van der Waals surface area contributed by atoms with Crippen molar-refractivity contribution in [1.29, 1.82) is 0 Å². The lowest BCUT2D eigenvalue weighted by atomic mass is 10.2. The van der Waals surface area contributed by atoms with E-state index in [9.17, 15) is 9.18 Å². The number of amides is 1. The first-order valence-corrected chi connectivity index (χ1v) is 9.38. The lowest BCUT2D eigenvalue weighted by molar-refractivity contribution is -1.02. The molecule has 0 atom stereocenters. The highest BCUT2D eigenvalue weighted by atomic mass is 19.1. The Balaban J connectivity index is 1.22. The number of aromatic nitrogens is 1. The Morgan fingerprint density at radius 3 is 2.54 bits per heavy atom. The maximum Gasteiger partial charge on any atom is 0.279 e. The van der Waals surface area contributed by atoms with Crippen molar-refractivity contribution < 1.29 is 27.9 Å². The molecule has 0 radical (unpaired) electrons. The average molecular weight is 386 g/mol. The topological polar surface area (TPSA) is 77.2 Å². The van der Waals surface area contributed by atoms with E-state index < -0.39 is 0 Å². The van der Waals surface area contributed by atoms with Gasteiger partial charge in [0.25, 0.3) is 5.91 Å². The lowest BCUT2D eigenvalue weighted by Crippen LogP contribution is -3.28. The van der Waals surface area contributed by atoms with Crippen LogP contribution in [0.5, 0.6) is 0 Å². The molecule has 0 spiro atoms. The van der Waals surface area contributed by atoms with E-state index in [1.54, 1.807) is 18.4 Å². The summed E-state index contributed by atoms with van der Waals surface area (Å²) >= 11 is 0. The van der Waals surface area contributed by atoms with Crippen LogP contribution in [0, 0.1) is 5.82 Å². The van der Waals surface area contributed by atoms with Crippen LogP contribution in [0.1, 0.15) is 5.69 Å². The second kappa shape index (κ2) is 8.37. The third kappa shape index (κ3) is 4.65. The number of nitrogens with zero attached hydrogens (tertiary/aromatic N) is 1. The van der Waals surface area contributed by atoms with Crippen molar-refractivity contribution in [3.05, 3.63) is 60.2 Å². The second-order valence-corrected chi connectivity index (χ2v) is 7.07. The Kier molecular flexibility index (Phi) is 5.50. The molecular weight excluding hydrogens is 363 g/mol. The van der Waals surface area contributed by atoms with Crippen molar-refractivity contribution in [2.45, 2.75) is 6.54 Å². The zero-order valence-electron chi connectivity index (χ0n) is 15.4. The van der Waals surface area contributed by atoms with Crippen molar-refractivity contribution in [3.8, 4) is 11.5 Å². The Morgan fingerprint density at radius 2 is 1.82 bits per heavy atom. The highest BCUT2D eigenvalue weighted by molar-refractivity contribution is 5.91. The molecule has 2 aromatic heterocycles. The maximum absolute atomic E-state index is 12.9. The van der Waals surface area contributed by atoms with Crippen molar-refractivity contribution in [1.82, 2.24) is 5.16 Å². The SMILES string of the molecule is O=C(C[NH+]1CC[NH+](Cc2cc(-c3ccco3)on2)CC1)Nc1ccc(F)cc1. The summed E-state index contributed by atoms with van der Waals surface area (Å²) in [5, 5.41) is 6.95. The van der Waals surface area contributed by atoms with Gasteiger partial charge in [0, 0.05) is 11.8 Å². The van der Waals surface area contributed by atoms with Gasteiger partial charge in [-0.2, -0.15) is 0 Å². The number of halogens is 1. The second-order valence-electron chi connectivity index (χ2n) is 7.07. The standard InChI is InChI=1S/C20H21FN4O3/c21-15-3-5-16(6-4-15)22-20(26)14-25-9-7-24(8-10-25)13-17-12-19(28-23-17)18-2-1-11-27-18/h1-6,11-12H,7-10,13-14H2,(H,22,26)/p+2. The van der Waals surface area contributed by atoms with Crippen LogP contribution < -0.4 is 15.1 Å². The van der Waals surface area contributed by atoms with E-state index in [2.05, 4.69) is 10.5 Å². The summed E-state index contributed by atoms with van der Waals surface area (Å²) in [5.74, 6) is 0.951. The molecule has 1 aliphatic rings. The van der Waals surface area contributed by atoms with Gasteiger partial charge in [-0.1, -0.05) is 5.16 Å². The molecule has 7 nitrogen and oxygen atoms in total. The van der Waals surface area contributed by atoms with Crippen LogP contribution >= 0.6 is 0 Å². The van der Waals surface area contributed by atoms with Crippen molar-refractivity contribution >= 4 is 11.6 Å². The lowest BCUT2D eigenvalue weighted by Gasteiger charge is -2.28. The number of anilines is 1. The van der Waals surface area contributed by atoms with E-state index >= 15 is 0 Å². The largest absolute Gasteiger partial charge is 0.461 e. The molecule has 1 amide bonds. The summed E-state index contributed by atoms with van der Waals surface area (Å²) in [6.07, 6.45) is 1.61. The molecule has 1 aromatic carbocycles. The van der Waals surface area contributed by atoms with E-state index in [1.165, 1.54) is 21.9 Å². The van der Waals surface area contributed by atoms with Crippen molar-refractivity contribution in [2.24, 2.45) is 0 Å². The Labute approximate surface area is 161 Å². The van der Waals surface area contributed by atoms with Gasteiger partial charge in [-0.3, -0.25) is 4.79 Å². The van der Waals surface area contributed by atoms with Crippen LogP contribution in [-0.4, -0.2) is 43.8 Å². The summed E-state index contributed by atoms with van der Waals surface area (Å²) in [5.41, 5.74) is 1.52. The zero-order valence-corrected chi connectivity index (χ0v) is 15.4. The summed E-state index contributed by atoms with van der Waals surface area (Å²) < 4.78 is 23.6. The van der Waals surface area contributed by atoms with Gasteiger partial charge in [0.15, 0.2) is 12.3 Å². The summed E-state index contributed by atoms with van der Waals surface area (Å²) in [6, 6.07) is 11.4. The van der Waals surface area contributed by atoms with Gasteiger partial charge < -0.3 is 24.1 Å². The first-order valence-electron chi connectivity index (χ1n) is 9.38. The maximum atomic E-state index is 12.9. The number of carbonyl (C=O) groups excluding carboxylic acids is 1. The van der Waals surface area contributed by atoms with Gasteiger partial charge >= 0.3 is 0 Å². The molecule has 4 rings (SSSR count). The quantitative estimate of drug-likeness (QED) is 0.557. The summed E-state index contributed by atoms with van der Waals surface area (Å²) in [6.45, 7) is 4.95. The van der Waals surface area contributed by atoms with Crippen LogP contribution in [0.2, 0.25) is 0 Å². The van der Waals surface area contributed by atoms with Crippen molar-refractivity contribution in [2.75, 3.05) is 38.0 Å². The van der Waals surface area contributed by atoms with E-state index in [0.29, 0.717) is 23.8 Å². The highest BCUT2D eigenvalue weighted by Crippen LogP contribution is 2.20. The van der Waals surface area contributed by atoms with E-state index in [4.69, 9.17) is 8.94 Å². The van der Waals surface area contributed by atoms with Gasteiger partial charge in [-0.25, -0.2) is 4.39 Å². The molecule has 0 bridgehead atoms.